The smallest absolute Gasteiger partial charge is 0.336 e. The molecule has 0 spiro atoms. The van der Waals surface area contributed by atoms with Gasteiger partial charge in [-0.3, -0.25) is 19.0 Å². The fraction of sp³-hybridized carbons (Fsp3) is 0.214. The highest BCUT2D eigenvalue weighted by molar-refractivity contribution is 5.91. The van der Waals surface area contributed by atoms with E-state index in [4.69, 9.17) is 0 Å². The fourth-order valence-electron chi connectivity index (χ4n) is 3.93. The van der Waals surface area contributed by atoms with Crippen molar-refractivity contribution in [1.82, 2.24) is 14.5 Å². The van der Waals surface area contributed by atoms with Crippen LogP contribution in [0.2, 0.25) is 0 Å². The third-order valence-corrected chi connectivity index (χ3v) is 5.77. The molecule has 37 heavy (non-hydrogen) atoms. The van der Waals surface area contributed by atoms with Gasteiger partial charge >= 0.3 is 5.69 Å². The quantitative estimate of drug-likeness (QED) is 0.386. The maximum absolute atomic E-state index is 14.0. The first-order chi connectivity index (χ1) is 17.7. The summed E-state index contributed by atoms with van der Waals surface area (Å²) in [5.74, 6) is -1.00. The first-order valence-corrected chi connectivity index (χ1v) is 11.9. The number of nitrogens with zero attached hydrogens (tertiary/aromatic N) is 2. The normalized spacial score (nSPS) is 11.0. The van der Waals surface area contributed by atoms with E-state index in [1.54, 1.807) is 54.6 Å². The third kappa shape index (κ3) is 5.83. The third-order valence-electron chi connectivity index (χ3n) is 5.77. The average molecular weight is 503 g/mol. The van der Waals surface area contributed by atoms with E-state index in [0.717, 1.165) is 10.1 Å². The maximum Gasteiger partial charge on any atom is 0.336 e. The SMILES string of the molecule is CC(C)CNC(=O)Cc1ccc(-n2c(=O)c3ccccc3n(CC(=O)Nc3ccccc3F)c2=O)cc1. The summed E-state index contributed by atoms with van der Waals surface area (Å²) in [6.45, 7) is 4.16. The molecule has 0 saturated heterocycles. The van der Waals surface area contributed by atoms with Gasteiger partial charge in [0.2, 0.25) is 11.8 Å². The van der Waals surface area contributed by atoms with Gasteiger partial charge in [-0.15, -0.1) is 0 Å². The molecule has 0 bridgehead atoms. The second-order valence-corrected chi connectivity index (χ2v) is 9.10. The minimum absolute atomic E-state index is 0.00815. The number of nitrogens with one attached hydrogen (secondary N) is 2. The second-order valence-electron chi connectivity index (χ2n) is 9.10. The van der Waals surface area contributed by atoms with E-state index in [1.807, 2.05) is 13.8 Å². The molecular weight excluding hydrogens is 475 g/mol. The van der Waals surface area contributed by atoms with Gasteiger partial charge in [0.1, 0.15) is 12.4 Å². The molecule has 8 nitrogen and oxygen atoms in total. The van der Waals surface area contributed by atoms with E-state index in [0.29, 0.717) is 18.2 Å². The minimum atomic E-state index is -0.713. The van der Waals surface area contributed by atoms with Crippen molar-refractivity contribution < 1.29 is 14.0 Å². The molecule has 1 aromatic heterocycles. The zero-order valence-corrected chi connectivity index (χ0v) is 20.5. The lowest BCUT2D eigenvalue weighted by Gasteiger charge is -2.15. The van der Waals surface area contributed by atoms with Crippen LogP contribution in [0.1, 0.15) is 19.4 Å². The molecule has 1 heterocycles. The lowest BCUT2D eigenvalue weighted by molar-refractivity contribution is -0.120. The summed E-state index contributed by atoms with van der Waals surface area (Å²) in [5.41, 5.74) is 0.0597. The number of carbonyl (C=O) groups is 2. The Labute approximate surface area is 212 Å². The molecule has 0 fully saturated rings. The number of rotatable bonds is 8. The van der Waals surface area contributed by atoms with E-state index in [-0.39, 0.29) is 28.9 Å². The molecule has 0 atom stereocenters. The van der Waals surface area contributed by atoms with Crippen LogP contribution in [0.3, 0.4) is 0 Å². The Hall–Kier alpha value is -4.53. The average Bonchev–Trinajstić information content (AvgIpc) is 2.88. The fourth-order valence-corrected chi connectivity index (χ4v) is 3.93. The number of benzene rings is 3. The van der Waals surface area contributed by atoms with E-state index in [9.17, 15) is 23.6 Å². The van der Waals surface area contributed by atoms with Gasteiger partial charge < -0.3 is 10.6 Å². The molecule has 9 heteroatoms. The largest absolute Gasteiger partial charge is 0.356 e. The van der Waals surface area contributed by atoms with Crippen LogP contribution in [-0.4, -0.2) is 27.5 Å². The predicted octanol–water partition coefficient (Wildman–Crippen LogP) is 3.24. The van der Waals surface area contributed by atoms with E-state index in [2.05, 4.69) is 10.6 Å². The Morgan fingerprint density at radius 3 is 2.27 bits per heavy atom. The highest BCUT2D eigenvalue weighted by atomic mass is 19.1. The van der Waals surface area contributed by atoms with Crippen LogP contribution in [0.15, 0.2) is 82.4 Å². The molecule has 0 saturated carbocycles. The van der Waals surface area contributed by atoms with Gasteiger partial charge in [-0.25, -0.2) is 13.8 Å². The number of carbonyl (C=O) groups excluding carboxylic acids is 2. The van der Waals surface area contributed by atoms with Crippen LogP contribution in [0.4, 0.5) is 10.1 Å². The second kappa shape index (κ2) is 11.0. The van der Waals surface area contributed by atoms with Gasteiger partial charge in [-0.1, -0.05) is 50.2 Å². The standard InChI is InChI=1S/C28H27FN4O4/c1-18(2)16-30-25(34)15-19-11-13-20(14-12-19)33-27(36)21-7-3-6-10-24(21)32(28(33)37)17-26(35)31-23-9-5-4-8-22(23)29/h3-14,18H,15-17H2,1-2H3,(H,30,34)(H,31,35). The summed E-state index contributed by atoms with van der Waals surface area (Å²) in [6, 6.07) is 18.7. The van der Waals surface area contributed by atoms with Gasteiger partial charge in [0.05, 0.1) is 28.7 Å². The minimum Gasteiger partial charge on any atom is -0.356 e. The molecular formula is C28H27FN4O4. The van der Waals surface area contributed by atoms with Crippen LogP contribution in [0.25, 0.3) is 16.6 Å². The molecule has 2 N–H and O–H groups in total. The number of anilines is 1. The first kappa shape index (κ1) is 25.6. The van der Waals surface area contributed by atoms with Crippen molar-refractivity contribution in [2.45, 2.75) is 26.8 Å². The van der Waals surface area contributed by atoms with Gasteiger partial charge in [0.15, 0.2) is 0 Å². The molecule has 0 aliphatic carbocycles. The highest BCUT2D eigenvalue weighted by Gasteiger charge is 2.17. The number of hydrogen-bond donors (Lipinski definition) is 2. The Morgan fingerprint density at radius 2 is 1.57 bits per heavy atom. The van der Waals surface area contributed by atoms with Crippen LogP contribution in [0.5, 0.6) is 0 Å². The van der Waals surface area contributed by atoms with Crippen molar-refractivity contribution in [3.63, 3.8) is 0 Å². The summed E-state index contributed by atoms with van der Waals surface area (Å²) in [7, 11) is 0. The van der Waals surface area contributed by atoms with Crippen LogP contribution in [-0.2, 0) is 22.6 Å². The number of hydrogen-bond acceptors (Lipinski definition) is 4. The van der Waals surface area contributed by atoms with Crippen molar-refractivity contribution in [3.8, 4) is 5.69 Å². The topological polar surface area (TPSA) is 102 Å². The molecule has 0 aliphatic heterocycles. The summed E-state index contributed by atoms with van der Waals surface area (Å²) >= 11 is 0. The molecule has 3 aromatic carbocycles. The van der Waals surface area contributed by atoms with E-state index >= 15 is 0 Å². The number of aromatic nitrogens is 2. The van der Waals surface area contributed by atoms with E-state index < -0.39 is 29.5 Å². The van der Waals surface area contributed by atoms with Crippen LogP contribution < -0.4 is 21.9 Å². The van der Waals surface area contributed by atoms with Gasteiger partial charge in [0, 0.05) is 6.54 Å². The van der Waals surface area contributed by atoms with Gasteiger partial charge in [0.25, 0.3) is 5.56 Å². The molecule has 4 rings (SSSR count). The monoisotopic (exact) mass is 502 g/mol. The molecule has 0 aliphatic rings. The van der Waals surface area contributed by atoms with Gasteiger partial charge in [-0.05, 0) is 47.9 Å². The summed E-state index contributed by atoms with van der Waals surface area (Å²) in [5, 5.41) is 5.57. The Balaban J connectivity index is 1.67. The molecule has 190 valence electrons. The Bertz CT molecular complexity index is 1570. The number of halogens is 1. The van der Waals surface area contributed by atoms with Crippen molar-refractivity contribution in [3.05, 3.63) is 105 Å². The van der Waals surface area contributed by atoms with Crippen molar-refractivity contribution in [2.75, 3.05) is 11.9 Å². The summed E-state index contributed by atoms with van der Waals surface area (Å²) in [4.78, 5) is 51.6. The summed E-state index contributed by atoms with van der Waals surface area (Å²) in [6.07, 6.45) is 0.167. The molecule has 4 aromatic rings. The molecule has 0 radical (unpaired) electrons. The van der Waals surface area contributed by atoms with Crippen molar-refractivity contribution in [1.29, 1.82) is 0 Å². The lowest BCUT2D eigenvalue weighted by Crippen LogP contribution is -2.40. The number of para-hydroxylation sites is 2. The van der Waals surface area contributed by atoms with Crippen molar-refractivity contribution in [2.24, 2.45) is 5.92 Å². The predicted molar refractivity (Wildman–Crippen MR) is 140 cm³/mol. The zero-order chi connectivity index (χ0) is 26.5. The number of amides is 2. The van der Waals surface area contributed by atoms with Gasteiger partial charge in [-0.2, -0.15) is 0 Å². The maximum atomic E-state index is 14.0. The van der Waals surface area contributed by atoms with Crippen LogP contribution >= 0.6 is 0 Å². The first-order valence-electron chi connectivity index (χ1n) is 11.9. The zero-order valence-electron chi connectivity index (χ0n) is 20.5. The number of fused-ring (bicyclic) bond motifs is 1. The Morgan fingerprint density at radius 1 is 0.892 bits per heavy atom. The molecule has 2 amide bonds. The summed E-state index contributed by atoms with van der Waals surface area (Å²) < 4.78 is 16.2. The molecule has 0 unspecified atom stereocenters. The Kier molecular flexibility index (Phi) is 7.62. The lowest BCUT2D eigenvalue weighted by atomic mass is 10.1. The van der Waals surface area contributed by atoms with E-state index in [1.165, 1.54) is 22.8 Å². The van der Waals surface area contributed by atoms with Crippen molar-refractivity contribution >= 4 is 28.4 Å². The van der Waals surface area contributed by atoms with Crippen LogP contribution in [0, 0.1) is 11.7 Å². The highest BCUT2D eigenvalue weighted by Crippen LogP contribution is 2.14.